The van der Waals surface area contributed by atoms with Gasteiger partial charge in [0, 0.05) is 19.0 Å². The molecule has 0 atom stereocenters. The maximum absolute atomic E-state index is 5.90. The number of nitrogens with one attached hydrogen (secondary N) is 1. The van der Waals surface area contributed by atoms with Crippen molar-refractivity contribution in [1.82, 2.24) is 15.2 Å². The van der Waals surface area contributed by atoms with Crippen LogP contribution in [0.1, 0.15) is 18.4 Å². The summed E-state index contributed by atoms with van der Waals surface area (Å²) in [4.78, 5) is 4.27. The molecule has 0 spiro atoms. The van der Waals surface area contributed by atoms with Crippen molar-refractivity contribution in [1.29, 1.82) is 0 Å². The van der Waals surface area contributed by atoms with Gasteiger partial charge in [0.2, 0.25) is 5.88 Å². The standard InChI is InChI=1S/C12H15N3O2/c1-8-6-10-11(13-7-8)14-15-12(10)17-9-2-4-16-5-3-9/h6-7,9H,2-5H2,1H3,(H,13,14,15). The molecule has 5 nitrogen and oxygen atoms in total. The average Bonchev–Trinajstić information content (AvgIpc) is 2.73. The molecule has 0 saturated carbocycles. The lowest BCUT2D eigenvalue weighted by molar-refractivity contribution is 0.0243. The number of fused-ring (bicyclic) bond motifs is 1. The molecule has 0 aliphatic carbocycles. The van der Waals surface area contributed by atoms with Crippen molar-refractivity contribution in [2.45, 2.75) is 25.9 Å². The molecule has 2 aromatic rings. The Morgan fingerprint density at radius 3 is 3.06 bits per heavy atom. The summed E-state index contributed by atoms with van der Waals surface area (Å²) in [6, 6.07) is 2.04. The van der Waals surface area contributed by atoms with E-state index in [-0.39, 0.29) is 6.10 Å². The quantitative estimate of drug-likeness (QED) is 0.859. The second kappa shape index (κ2) is 4.33. The number of H-pyrrole nitrogens is 1. The van der Waals surface area contributed by atoms with Crippen LogP contribution in [0.2, 0.25) is 0 Å². The number of hydrogen-bond donors (Lipinski definition) is 1. The second-order valence-corrected chi connectivity index (χ2v) is 4.37. The number of aryl methyl sites for hydroxylation is 1. The zero-order valence-electron chi connectivity index (χ0n) is 9.77. The van der Waals surface area contributed by atoms with Gasteiger partial charge in [-0.2, -0.15) is 0 Å². The highest BCUT2D eigenvalue weighted by atomic mass is 16.5. The Morgan fingerprint density at radius 1 is 1.41 bits per heavy atom. The molecule has 3 rings (SSSR count). The summed E-state index contributed by atoms with van der Waals surface area (Å²) in [5, 5.41) is 8.02. The van der Waals surface area contributed by atoms with Gasteiger partial charge in [0.25, 0.3) is 0 Å². The molecule has 0 aromatic carbocycles. The van der Waals surface area contributed by atoms with Gasteiger partial charge >= 0.3 is 0 Å². The molecular formula is C12H15N3O2. The zero-order chi connectivity index (χ0) is 11.7. The first kappa shape index (κ1) is 10.5. The Labute approximate surface area is 99.1 Å². The Balaban J connectivity index is 1.86. The number of aromatic nitrogens is 3. The number of pyridine rings is 1. The van der Waals surface area contributed by atoms with Crippen LogP contribution < -0.4 is 4.74 Å². The van der Waals surface area contributed by atoms with E-state index in [1.54, 1.807) is 0 Å². The van der Waals surface area contributed by atoms with Gasteiger partial charge in [0.05, 0.1) is 18.6 Å². The van der Waals surface area contributed by atoms with Gasteiger partial charge < -0.3 is 9.47 Å². The van der Waals surface area contributed by atoms with E-state index >= 15 is 0 Å². The fourth-order valence-electron chi connectivity index (χ4n) is 2.03. The van der Waals surface area contributed by atoms with Gasteiger partial charge in [-0.3, -0.25) is 5.10 Å². The predicted molar refractivity (Wildman–Crippen MR) is 63.1 cm³/mol. The van der Waals surface area contributed by atoms with E-state index < -0.39 is 0 Å². The SMILES string of the molecule is Cc1cnc2[nH]nc(OC3CCOCC3)c2c1. The highest BCUT2D eigenvalue weighted by molar-refractivity contribution is 5.80. The van der Waals surface area contributed by atoms with Crippen molar-refractivity contribution in [2.24, 2.45) is 0 Å². The number of rotatable bonds is 2. The maximum Gasteiger partial charge on any atom is 0.242 e. The number of nitrogens with zero attached hydrogens (tertiary/aromatic N) is 2. The first-order chi connectivity index (χ1) is 8.33. The van der Waals surface area contributed by atoms with E-state index in [1.165, 1.54) is 0 Å². The topological polar surface area (TPSA) is 60.0 Å². The van der Waals surface area contributed by atoms with Crippen LogP contribution in [-0.4, -0.2) is 34.5 Å². The van der Waals surface area contributed by atoms with Crippen molar-refractivity contribution >= 4 is 11.0 Å². The first-order valence-electron chi connectivity index (χ1n) is 5.88. The third-order valence-electron chi connectivity index (χ3n) is 2.96. The normalized spacial score (nSPS) is 17.5. The molecule has 1 fully saturated rings. The van der Waals surface area contributed by atoms with Crippen LogP contribution in [0.15, 0.2) is 12.3 Å². The Kier molecular flexibility index (Phi) is 2.68. The molecule has 1 aliphatic rings. The molecule has 2 aromatic heterocycles. The molecule has 17 heavy (non-hydrogen) atoms. The van der Waals surface area contributed by atoms with Crippen LogP contribution in [0.4, 0.5) is 0 Å². The number of aromatic amines is 1. The zero-order valence-corrected chi connectivity index (χ0v) is 9.77. The molecule has 0 bridgehead atoms. The Bertz CT molecular complexity index is 517. The van der Waals surface area contributed by atoms with Crippen LogP contribution in [0.5, 0.6) is 5.88 Å². The van der Waals surface area contributed by atoms with Crippen molar-refractivity contribution in [3.63, 3.8) is 0 Å². The van der Waals surface area contributed by atoms with Gasteiger partial charge in [-0.05, 0) is 18.6 Å². The predicted octanol–water partition coefficient (Wildman–Crippen LogP) is 1.82. The van der Waals surface area contributed by atoms with Crippen molar-refractivity contribution in [3.05, 3.63) is 17.8 Å². The largest absolute Gasteiger partial charge is 0.473 e. The summed E-state index contributed by atoms with van der Waals surface area (Å²) in [5.74, 6) is 0.656. The second-order valence-electron chi connectivity index (χ2n) is 4.37. The van der Waals surface area contributed by atoms with Gasteiger partial charge in [-0.25, -0.2) is 4.98 Å². The van der Waals surface area contributed by atoms with Crippen molar-refractivity contribution < 1.29 is 9.47 Å². The molecule has 1 N–H and O–H groups in total. The van der Waals surface area contributed by atoms with Crippen molar-refractivity contribution in [2.75, 3.05) is 13.2 Å². The fraction of sp³-hybridized carbons (Fsp3) is 0.500. The Morgan fingerprint density at radius 2 is 2.24 bits per heavy atom. The summed E-state index contributed by atoms with van der Waals surface area (Å²) >= 11 is 0. The molecule has 0 radical (unpaired) electrons. The lowest BCUT2D eigenvalue weighted by atomic mass is 10.1. The lowest BCUT2D eigenvalue weighted by Gasteiger charge is -2.22. The van der Waals surface area contributed by atoms with E-state index in [0.717, 1.165) is 42.7 Å². The fourth-order valence-corrected chi connectivity index (χ4v) is 2.03. The summed E-state index contributed by atoms with van der Waals surface area (Å²) < 4.78 is 11.2. The smallest absolute Gasteiger partial charge is 0.242 e. The summed E-state index contributed by atoms with van der Waals surface area (Å²) in [6.45, 7) is 3.55. The summed E-state index contributed by atoms with van der Waals surface area (Å²) in [5.41, 5.74) is 1.88. The molecule has 0 unspecified atom stereocenters. The van der Waals surface area contributed by atoms with Gasteiger partial charge in [-0.15, -0.1) is 5.10 Å². The highest BCUT2D eigenvalue weighted by Crippen LogP contribution is 2.24. The summed E-state index contributed by atoms with van der Waals surface area (Å²) in [7, 11) is 0. The molecule has 90 valence electrons. The molecule has 5 heteroatoms. The highest BCUT2D eigenvalue weighted by Gasteiger charge is 2.18. The monoisotopic (exact) mass is 233 g/mol. The van der Waals surface area contributed by atoms with Crippen LogP contribution in [-0.2, 0) is 4.74 Å². The number of ether oxygens (including phenoxy) is 2. The van der Waals surface area contributed by atoms with Crippen LogP contribution in [0.25, 0.3) is 11.0 Å². The van der Waals surface area contributed by atoms with E-state index in [9.17, 15) is 0 Å². The van der Waals surface area contributed by atoms with E-state index in [4.69, 9.17) is 9.47 Å². The van der Waals surface area contributed by atoms with Crippen LogP contribution in [0.3, 0.4) is 0 Å². The Hall–Kier alpha value is -1.62. The lowest BCUT2D eigenvalue weighted by Crippen LogP contribution is -2.26. The third-order valence-corrected chi connectivity index (χ3v) is 2.96. The third kappa shape index (κ3) is 2.10. The van der Waals surface area contributed by atoms with Gasteiger partial charge in [0.15, 0.2) is 5.65 Å². The minimum atomic E-state index is 0.204. The maximum atomic E-state index is 5.90. The average molecular weight is 233 g/mol. The van der Waals surface area contributed by atoms with Gasteiger partial charge in [-0.1, -0.05) is 0 Å². The molecular weight excluding hydrogens is 218 g/mol. The minimum absolute atomic E-state index is 0.204. The molecule has 3 heterocycles. The van der Waals surface area contributed by atoms with Crippen LogP contribution in [0, 0.1) is 6.92 Å². The van der Waals surface area contributed by atoms with E-state index in [1.807, 2.05) is 19.2 Å². The molecule has 1 saturated heterocycles. The molecule has 0 amide bonds. The van der Waals surface area contributed by atoms with E-state index in [0.29, 0.717) is 5.88 Å². The number of hydrogen-bond acceptors (Lipinski definition) is 4. The summed E-state index contributed by atoms with van der Waals surface area (Å²) in [6.07, 6.45) is 3.87. The van der Waals surface area contributed by atoms with E-state index in [2.05, 4.69) is 15.2 Å². The van der Waals surface area contributed by atoms with Gasteiger partial charge in [0.1, 0.15) is 6.10 Å². The van der Waals surface area contributed by atoms with Crippen LogP contribution >= 0.6 is 0 Å². The molecule has 1 aliphatic heterocycles. The van der Waals surface area contributed by atoms with Crippen molar-refractivity contribution in [3.8, 4) is 5.88 Å². The first-order valence-corrected chi connectivity index (χ1v) is 5.88. The minimum Gasteiger partial charge on any atom is -0.473 e.